The zero-order chi connectivity index (χ0) is 8.85. The first-order valence-electron chi connectivity index (χ1n) is 2.88. The molecule has 0 heterocycles. The van der Waals surface area contributed by atoms with Crippen LogP contribution in [0.1, 0.15) is 6.92 Å². The van der Waals surface area contributed by atoms with Gasteiger partial charge in [0.15, 0.2) is 0 Å². The molecular formula is C6H8O5. The third kappa shape index (κ3) is 3.96. The molecule has 0 radical (unpaired) electrons. The van der Waals surface area contributed by atoms with E-state index in [1.54, 1.807) is 6.92 Å². The molecule has 0 fully saturated rings. The third-order valence-corrected chi connectivity index (χ3v) is 0.765. The van der Waals surface area contributed by atoms with Crippen LogP contribution in [0.4, 0.5) is 0 Å². The quantitative estimate of drug-likeness (QED) is 0.449. The number of carboxylic acids is 2. The van der Waals surface area contributed by atoms with Gasteiger partial charge >= 0.3 is 11.9 Å². The van der Waals surface area contributed by atoms with Gasteiger partial charge in [0.2, 0.25) is 5.76 Å². The van der Waals surface area contributed by atoms with E-state index in [0.717, 1.165) is 0 Å². The van der Waals surface area contributed by atoms with E-state index < -0.39 is 17.7 Å². The highest BCUT2D eigenvalue weighted by Gasteiger charge is 2.09. The topological polar surface area (TPSA) is 83.8 Å². The van der Waals surface area contributed by atoms with Crippen LogP contribution in [0.5, 0.6) is 0 Å². The summed E-state index contributed by atoms with van der Waals surface area (Å²) in [6.45, 7) is 1.70. The predicted molar refractivity (Wildman–Crippen MR) is 35.0 cm³/mol. The first-order chi connectivity index (χ1) is 5.07. The van der Waals surface area contributed by atoms with Crippen LogP contribution in [0.25, 0.3) is 0 Å². The van der Waals surface area contributed by atoms with Crippen LogP contribution >= 0.6 is 0 Å². The number of carboxylic acid groups (broad SMARTS) is 2. The molecule has 0 atom stereocenters. The first kappa shape index (κ1) is 9.48. The highest BCUT2D eigenvalue weighted by molar-refractivity contribution is 5.92. The molecule has 0 spiro atoms. The summed E-state index contributed by atoms with van der Waals surface area (Å²) in [7, 11) is 0. The van der Waals surface area contributed by atoms with Gasteiger partial charge < -0.3 is 14.9 Å². The second-order valence-corrected chi connectivity index (χ2v) is 1.58. The highest BCUT2D eigenvalue weighted by atomic mass is 16.5. The lowest BCUT2D eigenvalue weighted by Crippen LogP contribution is -2.07. The minimum Gasteiger partial charge on any atom is -0.487 e. The number of carbonyl (C=O) groups is 2. The normalized spacial score (nSPS) is 10.8. The lowest BCUT2D eigenvalue weighted by molar-refractivity contribution is -0.138. The molecule has 0 aromatic heterocycles. The van der Waals surface area contributed by atoms with Crippen molar-refractivity contribution in [3.63, 3.8) is 0 Å². The van der Waals surface area contributed by atoms with E-state index in [9.17, 15) is 9.59 Å². The molecule has 0 saturated carbocycles. The van der Waals surface area contributed by atoms with Crippen molar-refractivity contribution in [1.29, 1.82) is 0 Å². The van der Waals surface area contributed by atoms with Gasteiger partial charge in [0.1, 0.15) is 0 Å². The van der Waals surface area contributed by atoms with Gasteiger partial charge in [-0.1, -0.05) is 0 Å². The van der Waals surface area contributed by atoms with Crippen molar-refractivity contribution in [3.8, 4) is 0 Å². The van der Waals surface area contributed by atoms with Gasteiger partial charge in [-0.2, -0.15) is 0 Å². The molecule has 0 aromatic carbocycles. The molecule has 0 rings (SSSR count). The van der Waals surface area contributed by atoms with Gasteiger partial charge in [0, 0.05) is 0 Å². The van der Waals surface area contributed by atoms with Crippen molar-refractivity contribution in [2.24, 2.45) is 0 Å². The van der Waals surface area contributed by atoms with Crippen LogP contribution < -0.4 is 0 Å². The summed E-state index contributed by atoms with van der Waals surface area (Å²) in [5.74, 6) is -3.27. The fraction of sp³-hybridized carbons (Fsp3) is 0.333. The van der Waals surface area contributed by atoms with Gasteiger partial charge in [-0.25, -0.2) is 9.59 Å². The van der Waals surface area contributed by atoms with E-state index in [4.69, 9.17) is 10.2 Å². The van der Waals surface area contributed by atoms with Crippen LogP contribution in [0.15, 0.2) is 11.8 Å². The molecule has 0 aliphatic rings. The zero-order valence-electron chi connectivity index (χ0n) is 5.90. The van der Waals surface area contributed by atoms with E-state index in [1.807, 2.05) is 0 Å². The fourth-order valence-corrected chi connectivity index (χ4v) is 0.433. The highest BCUT2D eigenvalue weighted by Crippen LogP contribution is 1.96. The smallest absolute Gasteiger partial charge is 0.371 e. The fourth-order valence-electron chi connectivity index (χ4n) is 0.433. The molecular weight excluding hydrogens is 152 g/mol. The summed E-state index contributed by atoms with van der Waals surface area (Å²) in [5, 5.41) is 16.4. The summed E-state index contributed by atoms with van der Waals surface area (Å²) in [6.07, 6.45) is 0.506. The number of hydrogen-bond acceptors (Lipinski definition) is 3. The number of hydrogen-bond donors (Lipinski definition) is 2. The van der Waals surface area contributed by atoms with Crippen LogP contribution in [0.2, 0.25) is 0 Å². The Bertz CT molecular complexity index is 193. The predicted octanol–water partition coefficient (Wildman–Crippen LogP) is 0.0760. The molecule has 11 heavy (non-hydrogen) atoms. The molecule has 0 aliphatic carbocycles. The molecule has 0 bridgehead atoms. The van der Waals surface area contributed by atoms with Gasteiger partial charge in [-0.15, -0.1) is 0 Å². The van der Waals surface area contributed by atoms with Crippen LogP contribution in [0, 0.1) is 0 Å². The van der Waals surface area contributed by atoms with Gasteiger partial charge in [0.05, 0.1) is 12.7 Å². The lowest BCUT2D eigenvalue weighted by atomic mass is 10.4. The number of aliphatic carboxylic acids is 2. The second-order valence-electron chi connectivity index (χ2n) is 1.58. The maximum atomic E-state index is 10.2. The van der Waals surface area contributed by atoms with E-state index in [2.05, 4.69) is 4.74 Å². The van der Waals surface area contributed by atoms with E-state index >= 15 is 0 Å². The summed E-state index contributed by atoms with van der Waals surface area (Å²) in [4.78, 5) is 20.1. The van der Waals surface area contributed by atoms with Crippen molar-refractivity contribution < 1.29 is 24.5 Å². The summed E-state index contributed by atoms with van der Waals surface area (Å²) in [6, 6.07) is 0. The van der Waals surface area contributed by atoms with Crippen molar-refractivity contribution in [2.75, 3.05) is 6.61 Å². The summed E-state index contributed by atoms with van der Waals surface area (Å²) in [5.41, 5.74) is 0. The molecule has 0 saturated heterocycles. The maximum absolute atomic E-state index is 10.2. The minimum atomic E-state index is -1.38. The van der Waals surface area contributed by atoms with Crippen molar-refractivity contribution in [2.45, 2.75) is 6.92 Å². The molecule has 5 nitrogen and oxygen atoms in total. The minimum absolute atomic E-state index is 0.130. The Morgan fingerprint density at radius 2 is 2.00 bits per heavy atom. The van der Waals surface area contributed by atoms with Crippen LogP contribution in [-0.2, 0) is 14.3 Å². The average molecular weight is 160 g/mol. The van der Waals surface area contributed by atoms with Crippen molar-refractivity contribution in [1.82, 2.24) is 0 Å². The lowest BCUT2D eigenvalue weighted by Gasteiger charge is -2.00. The standard InChI is InChI=1S/C6H8O5/c1-2-11-4(6(9)10)3-5(7)8/h3H,2H2,1H3,(H,7,8)(H,9,10)/b4-3-. The molecule has 0 amide bonds. The number of ether oxygens (including phenoxy) is 1. The third-order valence-electron chi connectivity index (χ3n) is 0.765. The van der Waals surface area contributed by atoms with E-state index in [0.29, 0.717) is 6.08 Å². The van der Waals surface area contributed by atoms with E-state index in [-0.39, 0.29) is 6.61 Å². The average Bonchev–Trinajstić information content (AvgIpc) is 1.86. The molecule has 0 unspecified atom stereocenters. The molecule has 62 valence electrons. The van der Waals surface area contributed by atoms with Crippen molar-refractivity contribution in [3.05, 3.63) is 11.8 Å². The zero-order valence-corrected chi connectivity index (χ0v) is 5.90. The monoisotopic (exact) mass is 160 g/mol. The summed E-state index contributed by atoms with van der Waals surface area (Å²) < 4.78 is 4.49. The van der Waals surface area contributed by atoms with Crippen LogP contribution in [0.3, 0.4) is 0 Å². The Morgan fingerprint density at radius 1 is 1.45 bits per heavy atom. The Labute approximate surface area is 62.9 Å². The Kier molecular flexibility index (Phi) is 3.72. The van der Waals surface area contributed by atoms with E-state index in [1.165, 1.54) is 0 Å². The summed E-state index contributed by atoms with van der Waals surface area (Å²) >= 11 is 0. The molecule has 5 heteroatoms. The van der Waals surface area contributed by atoms with Gasteiger partial charge in [-0.3, -0.25) is 0 Å². The van der Waals surface area contributed by atoms with Crippen molar-refractivity contribution >= 4 is 11.9 Å². The molecule has 2 N–H and O–H groups in total. The number of rotatable bonds is 4. The Morgan fingerprint density at radius 3 is 2.27 bits per heavy atom. The Hall–Kier alpha value is -1.52. The molecule has 0 aliphatic heterocycles. The van der Waals surface area contributed by atoms with Crippen LogP contribution in [-0.4, -0.2) is 28.8 Å². The second kappa shape index (κ2) is 4.32. The first-order valence-corrected chi connectivity index (χ1v) is 2.88. The molecule has 0 aromatic rings. The van der Waals surface area contributed by atoms with Gasteiger partial charge in [-0.05, 0) is 6.92 Å². The Balaban J connectivity index is 4.32. The SMILES string of the molecule is CCO/C(=C\C(=O)O)C(=O)O. The van der Waals surface area contributed by atoms with Gasteiger partial charge in [0.25, 0.3) is 0 Å². The largest absolute Gasteiger partial charge is 0.487 e. The maximum Gasteiger partial charge on any atom is 0.371 e.